The van der Waals surface area contributed by atoms with Gasteiger partial charge in [-0.3, -0.25) is 20.4 Å². The van der Waals surface area contributed by atoms with Crippen molar-refractivity contribution in [1.82, 2.24) is 5.48 Å². The van der Waals surface area contributed by atoms with Crippen molar-refractivity contribution in [1.29, 1.82) is 5.26 Å². The number of hydrogen-bond donors (Lipinski definition) is 1. The lowest BCUT2D eigenvalue weighted by atomic mass is 10.1. The highest BCUT2D eigenvalue weighted by atomic mass is 16.7. The maximum atomic E-state index is 10.6. The molecule has 1 aromatic carbocycles. The monoisotopic (exact) mass is 217 g/mol. The summed E-state index contributed by atoms with van der Waals surface area (Å²) in [6, 6.07) is 8.01. The number of nitro groups is 1. The fourth-order valence-electron chi connectivity index (χ4n) is 1.35. The molecule has 0 bridgehead atoms. The van der Waals surface area contributed by atoms with Crippen LogP contribution >= 0.6 is 0 Å². The number of rotatable bonds is 2. The number of benzene rings is 1. The van der Waals surface area contributed by atoms with E-state index in [1.807, 2.05) is 6.07 Å². The summed E-state index contributed by atoms with van der Waals surface area (Å²) < 4.78 is 0. The summed E-state index contributed by atoms with van der Waals surface area (Å²) in [5, 5.41) is 19.2. The van der Waals surface area contributed by atoms with Crippen LogP contribution in [-0.2, 0) is 4.84 Å². The Balaban J connectivity index is 2.32. The van der Waals surface area contributed by atoms with Crippen LogP contribution in [0.15, 0.2) is 30.3 Å². The average molecular weight is 217 g/mol. The molecule has 80 valence electrons. The van der Waals surface area contributed by atoms with Crippen LogP contribution < -0.4 is 5.48 Å². The molecule has 0 spiro atoms. The van der Waals surface area contributed by atoms with Crippen LogP contribution in [0, 0.1) is 21.4 Å². The van der Waals surface area contributed by atoms with Gasteiger partial charge in [0.2, 0.25) is 0 Å². The maximum Gasteiger partial charge on any atom is 0.270 e. The Hall–Kier alpha value is -2.39. The van der Waals surface area contributed by atoms with E-state index in [1.54, 1.807) is 18.2 Å². The molecule has 0 fully saturated rings. The third kappa shape index (κ3) is 1.85. The molecule has 1 N–H and O–H groups in total. The fourth-order valence-corrected chi connectivity index (χ4v) is 1.35. The van der Waals surface area contributed by atoms with Crippen molar-refractivity contribution >= 4 is 11.4 Å². The van der Waals surface area contributed by atoms with Gasteiger partial charge in [-0.2, -0.15) is 5.26 Å². The zero-order chi connectivity index (χ0) is 11.5. The van der Waals surface area contributed by atoms with Crippen molar-refractivity contribution in [3.8, 4) is 6.07 Å². The van der Waals surface area contributed by atoms with Crippen molar-refractivity contribution < 1.29 is 9.76 Å². The maximum absolute atomic E-state index is 10.6. The number of nitriles is 1. The minimum absolute atomic E-state index is 0.000563. The van der Waals surface area contributed by atoms with Crippen LogP contribution in [0.2, 0.25) is 0 Å². The van der Waals surface area contributed by atoms with Gasteiger partial charge in [0.05, 0.1) is 10.6 Å². The molecule has 6 heteroatoms. The van der Waals surface area contributed by atoms with E-state index in [0.717, 1.165) is 0 Å². The van der Waals surface area contributed by atoms with Crippen molar-refractivity contribution in [3.05, 3.63) is 46.0 Å². The molecular formula is C10H7N3O3. The summed E-state index contributed by atoms with van der Waals surface area (Å²) in [6.07, 6.45) is 0.910. The highest BCUT2D eigenvalue weighted by Gasteiger charge is 2.17. The van der Waals surface area contributed by atoms with E-state index in [2.05, 4.69) is 5.48 Å². The summed E-state index contributed by atoms with van der Waals surface area (Å²) in [5.74, 6) is 0. The third-order valence-corrected chi connectivity index (χ3v) is 2.11. The molecule has 1 atom stereocenters. The van der Waals surface area contributed by atoms with E-state index in [0.29, 0.717) is 11.3 Å². The number of nitrogens with one attached hydrogen (secondary N) is 1. The van der Waals surface area contributed by atoms with Crippen LogP contribution in [-0.4, -0.2) is 11.0 Å². The van der Waals surface area contributed by atoms with E-state index in [9.17, 15) is 10.1 Å². The number of hydrogen-bond acceptors (Lipinski definition) is 5. The Morgan fingerprint density at radius 3 is 3.00 bits per heavy atom. The molecule has 0 amide bonds. The van der Waals surface area contributed by atoms with Crippen LogP contribution in [0.4, 0.5) is 5.69 Å². The molecule has 0 aromatic heterocycles. The standard InChI is InChI=1S/C10H7N3O3/c11-6-9-5-10(12-16-9)7-2-1-3-8(4-7)13(14)15/h1-5,9,12H. The van der Waals surface area contributed by atoms with E-state index >= 15 is 0 Å². The van der Waals surface area contributed by atoms with Crippen LogP contribution in [0.5, 0.6) is 0 Å². The van der Waals surface area contributed by atoms with Gasteiger partial charge in [-0.1, -0.05) is 12.1 Å². The fraction of sp³-hybridized carbons (Fsp3) is 0.100. The molecule has 0 saturated heterocycles. The van der Waals surface area contributed by atoms with Gasteiger partial charge in [0.15, 0.2) is 6.10 Å². The zero-order valence-corrected chi connectivity index (χ0v) is 8.08. The second-order valence-corrected chi connectivity index (χ2v) is 3.16. The lowest BCUT2D eigenvalue weighted by Crippen LogP contribution is -2.10. The summed E-state index contributed by atoms with van der Waals surface area (Å²) in [4.78, 5) is 15.0. The Kier molecular flexibility index (Phi) is 2.54. The van der Waals surface area contributed by atoms with Gasteiger partial charge in [0.1, 0.15) is 6.07 Å². The van der Waals surface area contributed by atoms with Gasteiger partial charge in [-0.25, -0.2) is 0 Å². The summed E-state index contributed by atoms with van der Waals surface area (Å²) >= 11 is 0. The van der Waals surface area contributed by atoms with Gasteiger partial charge in [-0.05, 0) is 6.08 Å². The highest BCUT2D eigenvalue weighted by molar-refractivity contribution is 5.67. The van der Waals surface area contributed by atoms with Crippen LogP contribution in [0.1, 0.15) is 5.56 Å². The number of nitrogens with zero attached hydrogens (tertiary/aromatic N) is 2. The molecular weight excluding hydrogens is 210 g/mol. The third-order valence-electron chi connectivity index (χ3n) is 2.11. The van der Waals surface area contributed by atoms with Gasteiger partial charge < -0.3 is 0 Å². The van der Waals surface area contributed by atoms with Crippen molar-refractivity contribution in [2.45, 2.75) is 6.10 Å². The Bertz CT molecular complexity index is 504. The molecule has 0 radical (unpaired) electrons. The SMILES string of the molecule is N#CC1C=C(c2cccc([N+](=O)[O-])c2)NO1. The number of non-ortho nitro benzene ring substituents is 1. The van der Waals surface area contributed by atoms with E-state index in [1.165, 1.54) is 12.1 Å². The molecule has 1 unspecified atom stereocenters. The second kappa shape index (κ2) is 4.00. The summed E-state index contributed by atoms with van der Waals surface area (Å²) in [7, 11) is 0. The lowest BCUT2D eigenvalue weighted by molar-refractivity contribution is -0.384. The molecule has 1 aliphatic rings. The molecule has 1 heterocycles. The molecule has 0 saturated carbocycles. The van der Waals surface area contributed by atoms with E-state index in [4.69, 9.17) is 10.1 Å². The first-order valence-corrected chi connectivity index (χ1v) is 4.48. The summed E-state index contributed by atoms with van der Waals surface area (Å²) in [6.45, 7) is 0. The molecule has 16 heavy (non-hydrogen) atoms. The minimum atomic E-state index is -0.658. The van der Waals surface area contributed by atoms with Gasteiger partial charge in [0, 0.05) is 17.7 Å². The first kappa shape index (κ1) is 10.1. The number of hydroxylamine groups is 1. The van der Waals surface area contributed by atoms with Crippen LogP contribution in [0.3, 0.4) is 0 Å². The molecule has 1 aliphatic heterocycles. The summed E-state index contributed by atoms with van der Waals surface area (Å²) in [5.41, 5.74) is 3.74. The first-order chi connectivity index (χ1) is 7.70. The topological polar surface area (TPSA) is 88.2 Å². The average Bonchev–Trinajstić information content (AvgIpc) is 2.77. The van der Waals surface area contributed by atoms with Gasteiger partial charge in [0.25, 0.3) is 5.69 Å². The molecule has 6 nitrogen and oxygen atoms in total. The molecule has 1 aromatic rings. The van der Waals surface area contributed by atoms with Crippen molar-refractivity contribution in [2.24, 2.45) is 0 Å². The van der Waals surface area contributed by atoms with Crippen molar-refractivity contribution in [2.75, 3.05) is 0 Å². The normalized spacial score (nSPS) is 18.4. The largest absolute Gasteiger partial charge is 0.270 e. The Morgan fingerprint density at radius 2 is 2.38 bits per heavy atom. The highest BCUT2D eigenvalue weighted by Crippen LogP contribution is 2.21. The smallest absolute Gasteiger partial charge is 0.265 e. The van der Waals surface area contributed by atoms with Gasteiger partial charge >= 0.3 is 0 Å². The predicted octanol–water partition coefficient (Wildman–Crippen LogP) is 1.36. The lowest BCUT2D eigenvalue weighted by Gasteiger charge is -2.02. The minimum Gasteiger partial charge on any atom is -0.265 e. The van der Waals surface area contributed by atoms with Crippen molar-refractivity contribution in [3.63, 3.8) is 0 Å². The molecule has 2 rings (SSSR count). The van der Waals surface area contributed by atoms with E-state index < -0.39 is 11.0 Å². The van der Waals surface area contributed by atoms with E-state index in [-0.39, 0.29) is 5.69 Å². The van der Waals surface area contributed by atoms with Gasteiger partial charge in [-0.15, -0.1) is 0 Å². The zero-order valence-electron chi connectivity index (χ0n) is 8.08. The quantitative estimate of drug-likeness (QED) is 0.596. The second-order valence-electron chi connectivity index (χ2n) is 3.16. The Morgan fingerprint density at radius 1 is 1.56 bits per heavy atom. The number of nitro benzene ring substituents is 1. The predicted molar refractivity (Wildman–Crippen MR) is 54.7 cm³/mol. The Labute approximate surface area is 90.9 Å². The molecule has 0 aliphatic carbocycles. The first-order valence-electron chi connectivity index (χ1n) is 4.48. The van der Waals surface area contributed by atoms with Crippen LogP contribution in [0.25, 0.3) is 5.70 Å².